The number of H-pyrrole nitrogens is 1. The van der Waals surface area contributed by atoms with E-state index in [-0.39, 0.29) is 17.8 Å². The second-order valence-electron chi connectivity index (χ2n) is 8.23. The van der Waals surface area contributed by atoms with Crippen molar-refractivity contribution < 1.29 is 13.9 Å². The molecule has 0 radical (unpaired) electrons. The van der Waals surface area contributed by atoms with Gasteiger partial charge in [-0.25, -0.2) is 14.4 Å². The molecule has 9 heteroatoms. The molecule has 1 amide bonds. The van der Waals surface area contributed by atoms with Gasteiger partial charge in [-0.1, -0.05) is 23.7 Å². The molecule has 0 bridgehead atoms. The van der Waals surface area contributed by atoms with Crippen LogP contribution in [0.25, 0.3) is 21.5 Å². The molecular formula is C24H22ClFN4O2S. The lowest BCUT2D eigenvalue weighted by Crippen LogP contribution is -2.47. The lowest BCUT2D eigenvalue weighted by atomic mass is 10.1. The van der Waals surface area contributed by atoms with E-state index in [1.54, 1.807) is 17.0 Å². The summed E-state index contributed by atoms with van der Waals surface area (Å²) in [4.78, 5) is 29.0. The molecule has 0 unspecified atom stereocenters. The van der Waals surface area contributed by atoms with Gasteiger partial charge in [-0.15, -0.1) is 11.3 Å². The summed E-state index contributed by atoms with van der Waals surface area (Å²) < 4.78 is 19.4. The number of thiazole rings is 1. The van der Waals surface area contributed by atoms with Crippen LogP contribution in [0.3, 0.4) is 0 Å². The first-order valence-electron chi connectivity index (χ1n) is 10.6. The van der Waals surface area contributed by atoms with Crippen LogP contribution in [0.2, 0.25) is 5.02 Å². The topological polar surface area (TPSA) is 71.1 Å². The molecule has 5 rings (SSSR count). The van der Waals surface area contributed by atoms with Crippen LogP contribution in [0, 0.1) is 19.7 Å². The number of nitrogens with zero attached hydrogens (tertiary/aromatic N) is 3. The van der Waals surface area contributed by atoms with Crippen LogP contribution in [0.5, 0.6) is 0 Å². The minimum Gasteiger partial charge on any atom is -0.374 e. The first-order valence-corrected chi connectivity index (χ1v) is 11.8. The van der Waals surface area contributed by atoms with Gasteiger partial charge in [0.05, 0.1) is 33.6 Å². The zero-order valence-electron chi connectivity index (χ0n) is 18.4. The van der Waals surface area contributed by atoms with Crippen molar-refractivity contribution in [2.75, 3.05) is 13.2 Å². The van der Waals surface area contributed by atoms with Crippen molar-refractivity contribution in [3.05, 3.63) is 69.3 Å². The lowest BCUT2D eigenvalue weighted by Gasteiger charge is -2.37. The molecule has 170 valence electrons. The van der Waals surface area contributed by atoms with Crippen molar-refractivity contribution in [1.82, 2.24) is 19.9 Å². The zero-order chi connectivity index (χ0) is 23.3. The van der Waals surface area contributed by atoms with Crippen molar-refractivity contribution in [3.8, 4) is 10.4 Å². The van der Waals surface area contributed by atoms with E-state index in [2.05, 4.69) is 9.97 Å². The third-order valence-corrected chi connectivity index (χ3v) is 7.28. The minimum absolute atomic E-state index is 0.125. The molecule has 0 saturated carbocycles. The van der Waals surface area contributed by atoms with E-state index in [4.69, 9.17) is 21.3 Å². The summed E-state index contributed by atoms with van der Waals surface area (Å²) in [5.74, 6) is 0.121. The number of hydrogen-bond donors (Lipinski definition) is 1. The molecule has 0 aliphatic carbocycles. The van der Waals surface area contributed by atoms with Crippen LogP contribution in [-0.2, 0) is 4.74 Å². The maximum absolute atomic E-state index is 13.8. The van der Waals surface area contributed by atoms with Crippen LogP contribution in [0.15, 0.2) is 36.4 Å². The number of ether oxygens (including phenoxy) is 1. The number of nitrogens with one attached hydrogen (secondary N) is 1. The first kappa shape index (κ1) is 22.0. The normalized spacial score (nSPS) is 18.8. The molecule has 6 nitrogen and oxygen atoms in total. The third-order valence-electron chi connectivity index (χ3n) is 5.85. The fourth-order valence-corrected chi connectivity index (χ4v) is 5.19. The number of hydrogen-bond acceptors (Lipinski definition) is 5. The molecule has 0 spiro atoms. The van der Waals surface area contributed by atoms with Crippen molar-refractivity contribution in [1.29, 1.82) is 0 Å². The summed E-state index contributed by atoms with van der Waals surface area (Å²) >= 11 is 7.70. The van der Waals surface area contributed by atoms with E-state index in [1.165, 1.54) is 23.5 Å². The number of carbonyl (C=O) groups is 1. The Morgan fingerprint density at radius 2 is 1.97 bits per heavy atom. The van der Waals surface area contributed by atoms with Gasteiger partial charge in [-0.3, -0.25) is 4.79 Å². The van der Waals surface area contributed by atoms with Crippen molar-refractivity contribution in [2.24, 2.45) is 0 Å². The number of amides is 1. The number of carbonyl (C=O) groups excluding carboxylic acids is 1. The highest BCUT2D eigenvalue weighted by molar-refractivity contribution is 7.15. The van der Waals surface area contributed by atoms with Gasteiger partial charge in [0.1, 0.15) is 23.4 Å². The summed E-state index contributed by atoms with van der Waals surface area (Å²) in [6, 6.07) is 9.43. The fraction of sp³-hybridized carbons (Fsp3) is 0.292. The Bertz CT molecular complexity index is 1350. The van der Waals surface area contributed by atoms with E-state index in [0.29, 0.717) is 29.7 Å². The van der Waals surface area contributed by atoms with Crippen molar-refractivity contribution in [2.45, 2.75) is 32.9 Å². The average Bonchev–Trinajstić information content (AvgIpc) is 3.40. The van der Waals surface area contributed by atoms with E-state index < -0.39 is 6.04 Å². The Morgan fingerprint density at radius 1 is 1.21 bits per heavy atom. The molecule has 1 N–H and O–H groups in total. The standard InChI is InChI=1S/C24H22ClFN4O2S/c1-12-10-30(19(11-32-12)23-28-18-9-8-17(25)13(2)20(18)29-23)24(31)21-22(33-14(3)27-21)15-4-6-16(26)7-5-15/h4-9,12,19H,10-11H2,1-3H3,(H,28,29)/t12-,19-/m0/s1. The molecule has 2 aromatic carbocycles. The van der Waals surface area contributed by atoms with Crippen molar-refractivity contribution >= 4 is 39.9 Å². The maximum atomic E-state index is 13.8. The highest BCUT2D eigenvalue weighted by Gasteiger charge is 2.36. The maximum Gasteiger partial charge on any atom is 0.274 e. The third kappa shape index (κ3) is 4.03. The van der Waals surface area contributed by atoms with Crippen LogP contribution in [0.4, 0.5) is 4.39 Å². The Hall–Kier alpha value is -2.81. The average molecular weight is 485 g/mol. The van der Waals surface area contributed by atoms with E-state index in [9.17, 15) is 9.18 Å². The van der Waals surface area contributed by atoms with Crippen LogP contribution in [0.1, 0.15) is 39.8 Å². The summed E-state index contributed by atoms with van der Waals surface area (Å²) in [5, 5.41) is 1.41. The predicted octanol–water partition coefficient (Wildman–Crippen LogP) is 5.70. The van der Waals surface area contributed by atoms with Gasteiger partial charge in [-0.2, -0.15) is 0 Å². The molecule has 1 fully saturated rings. The van der Waals surface area contributed by atoms with Gasteiger partial charge < -0.3 is 14.6 Å². The van der Waals surface area contributed by atoms with Gasteiger partial charge in [0.25, 0.3) is 5.91 Å². The number of aryl methyl sites for hydroxylation is 2. The van der Waals surface area contributed by atoms with Gasteiger partial charge in [0.15, 0.2) is 0 Å². The number of fused-ring (bicyclic) bond motifs is 1. The molecule has 2 atom stereocenters. The van der Waals surface area contributed by atoms with Gasteiger partial charge >= 0.3 is 0 Å². The Balaban J connectivity index is 1.55. The SMILES string of the molecule is Cc1nc(C(=O)N2C[C@H](C)OC[C@H]2c2nc3c(C)c(Cl)ccc3[nH]2)c(-c2ccc(F)cc2)s1. The number of aromatic amines is 1. The van der Waals surface area contributed by atoms with E-state index in [0.717, 1.165) is 32.0 Å². The Kier molecular flexibility index (Phi) is 5.68. The van der Waals surface area contributed by atoms with Crippen LogP contribution < -0.4 is 0 Å². The fourth-order valence-electron chi connectivity index (χ4n) is 4.12. The summed E-state index contributed by atoms with van der Waals surface area (Å²) in [7, 11) is 0. The molecule has 33 heavy (non-hydrogen) atoms. The zero-order valence-corrected chi connectivity index (χ0v) is 19.9. The predicted molar refractivity (Wildman–Crippen MR) is 127 cm³/mol. The molecule has 4 aromatic rings. The van der Waals surface area contributed by atoms with Crippen LogP contribution >= 0.6 is 22.9 Å². The molecular weight excluding hydrogens is 463 g/mol. The summed E-state index contributed by atoms with van der Waals surface area (Å²) in [5.41, 5.74) is 3.64. The Morgan fingerprint density at radius 3 is 2.73 bits per heavy atom. The van der Waals surface area contributed by atoms with Gasteiger partial charge in [0.2, 0.25) is 0 Å². The number of rotatable bonds is 3. The largest absolute Gasteiger partial charge is 0.374 e. The number of halogens is 2. The highest BCUT2D eigenvalue weighted by atomic mass is 35.5. The smallest absolute Gasteiger partial charge is 0.274 e. The van der Waals surface area contributed by atoms with Crippen LogP contribution in [-0.4, -0.2) is 45.0 Å². The van der Waals surface area contributed by atoms with Gasteiger partial charge in [0, 0.05) is 11.6 Å². The summed E-state index contributed by atoms with van der Waals surface area (Å²) in [6.07, 6.45) is -0.125. The molecule has 1 aliphatic rings. The second kappa shape index (κ2) is 8.52. The Labute approximate surface area is 199 Å². The van der Waals surface area contributed by atoms with E-state index in [1.807, 2.05) is 32.9 Å². The van der Waals surface area contributed by atoms with Crippen molar-refractivity contribution in [3.63, 3.8) is 0 Å². The lowest BCUT2D eigenvalue weighted by molar-refractivity contribution is -0.0468. The molecule has 2 aromatic heterocycles. The monoisotopic (exact) mass is 484 g/mol. The molecule has 3 heterocycles. The second-order valence-corrected chi connectivity index (χ2v) is 9.84. The quantitative estimate of drug-likeness (QED) is 0.405. The number of benzene rings is 2. The highest BCUT2D eigenvalue weighted by Crippen LogP contribution is 2.35. The molecule has 1 aliphatic heterocycles. The summed E-state index contributed by atoms with van der Waals surface area (Å²) in [6.45, 7) is 6.44. The number of imidazole rings is 1. The van der Waals surface area contributed by atoms with E-state index >= 15 is 0 Å². The first-order chi connectivity index (χ1) is 15.8. The minimum atomic E-state index is -0.401. The number of morpholine rings is 1. The molecule has 1 saturated heterocycles. The van der Waals surface area contributed by atoms with Gasteiger partial charge in [-0.05, 0) is 56.2 Å². The number of aromatic nitrogens is 3.